The summed E-state index contributed by atoms with van der Waals surface area (Å²) in [6.07, 6.45) is 0. The van der Waals surface area contributed by atoms with Gasteiger partial charge < -0.3 is 10.8 Å². The fourth-order valence-corrected chi connectivity index (χ4v) is 1.24. The van der Waals surface area contributed by atoms with Gasteiger partial charge in [-0.25, -0.2) is 4.99 Å². The molecule has 4 heteroatoms. The molecule has 1 heterocycles. The molecule has 2 rings (SSSR count). The molecule has 0 aliphatic carbocycles. The third-order valence-electron chi connectivity index (χ3n) is 1.79. The Labute approximate surface area is 68.9 Å². The number of nitrogens with one attached hydrogen (secondary N) is 1. The minimum atomic E-state index is 0.0283. The number of phenols is 1. The van der Waals surface area contributed by atoms with E-state index in [0.29, 0.717) is 17.0 Å². The summed E-state index contributed by atoms with van der Waals surface area (Å²) < 4.78 is 0. The fraction of sp³-hybridized carbons (Fsp3) is 0. The molecule has 1 aromatic rings. The molecule has 0 unspecified atom stereocenters. The van der Waals surface area contributed by atoms with Gasteiger partial charge in [-0.2, -0.15) is 0 Å². The highest BCUT2D eigenvalue weighted by Crippen LogP contribution is 2.25. The predicted octanol–water partition coefficient (Wildman–Crippen LogP) is 0.436. The van der Waals surface area contributed by atoms with E-state index in [1.165, 1.54) is 6.07 Å². The van der Waals surface area contributed by atoms with Gasteiger partial charge >= 0.3 is 0 Å². The summed E-state index contributed by atoms with van der Waals surface area (Å²) in [4.78, 5) is 3.74. The highest BCUT2D eigenvalue weighted by molar-refractivity contribution is 6.21. The van der Waals surface area contributed by atoms with Gasteiger partial charge in [-0.15, -0.1) is 0 Å². The second kappa shape index (κ2) is 2.07. The van der Waals surface area contributed by atoms with Gasteiger partial charge in [0, 0.05) is 5.56 Å². The predicted molar refractivity (Wildman–Crippen MR) is 45.7 cm³/mol. The number of amidine groups is 2. The quantitative estimate of drug-likeness (QED) is 0.515. The molecule has 1 aliphatic rings. The summed E-state index contributed by atoms with van der Waals surface area (Å²) in [5.41, 5.74) is 6.57. The second-order valence-corrected chi connectivity index (χ2v) is 2.55. The lowest BCUT2D eigenvalue weighted by molar-refractivity contribution is 0.474. The van der Waals surface area contributed by atoms with Gasteiger partial charge in [-0.1, -0.05) is 12.1 Å². The number of hydrogen-bond donors (Lipinski definition) is 3. The Bertz CT molecular complexity index is 395. The van der Waals surface area contributed by atoms with Crippen molar-refractivity contribution in [2.75, 3.05) is 0 Å². The van der Waals surface area contributed by atoms with Crippen molar-refractivity contribution in [2.45, 2.75) is 0 Å². The minimum Gasteiger partial charge on any atom is -0.507 e. The SMILES string of the molecule is N=C1N=C(N)c2cccc(O)c21. The van der Waals surface area contributed by atoms with E-state index in [1.807, 2.05) is 0 Å². The number of phenolic OH excluding ortho intramolecular Hbond substituents is 1. The van der Waals surface area contributed by atoms with Crippen molar-refractivity contribution < 1.29 is 5.11 Å². The van der Waals surface area contributed by atoms with Gasteiger partial charge in [0.2, 0.25) is 0 Å². The van der Waals surface area contributed by atoms with Crippen LogP contribution in [0.4, 0.5) is 0 Å². The molecule has 1 aromatic carbocycles. The monoisotopic (exact) mass is 161 g/mol. The Morgan fingerprint density at radius 2 is 2.17 bits per heavy atom. The smallest absolute Gasteiger partial charge is 0.158 e. The summed E-state index contributed by atoms with van der Waals surface area (Å²) in [6.45, 7) is 0. The van der Waals surface area contributed by atoms with E-state index in [0.717, 1.165) is 0 Å². The number of hydrogen-bond acceptors (Lipinski definition) is 3. The summed E-state index contributed by atoms with van der Waals surface area (Å²) >= 11 is 0. The van der Waals surface area contributed by atoms with Crippen molar-refractivity contribution in [1.82, 2.24) is 0 Å². The number of fused-ring (bicyclic) bond motifs is 1. The molecule has 0 atom stereocenters. The van der Waals surface area contributed by atoms with E-state index in [2.05, 4.69) is 4.99 Å². The van der Waals surface area contributed by atoms with Crippen molar-refractivity contribution >= 4 is 11.7 Å². The number of benzene rings is 1. The topological polar surface area (TPSA) is 82.5 Å². The molecule has 1 aliphatic heterocycles. The Hall–Kier alpha value is -1.84. The molecule has 0 saturated carbocycles. The van der Waals surface area contributed by atoms with E-state index in [4.69, 9.17) is 11.1 Å². The summed E-state index contributed by atoms with van der Waals surface area (Å²) in [6, 6.07) is 4.92. The molecule has 0 amide bonds. The lowest BCUT2D eigenvalue weighted by Gasteiger charge is -1.99. The van der Waals surface area contributed by atoms with Gasteiger partial charge in [-0.05, 0) is 6.07 Å². The number of rotatable bonds is 0. The molecule has 0 radical (unpaired) electrons. The van der Waals surface area contributed by atoms with Gasteiger partial charge in [0.25, 0.3) is 0 Å². The third kappa shape index (κ3) is 0.717. The first-order chi connectivity index (χ1) is 5.70. The van der Waals surface area contributed by atoms with Crippen LogP contribution in [0.1, 0.15) is 11.1 Å². The van der Waals surface area contributed by atoms with Crippen molar-refractivity contribution in [3.63, 3.8) is 0 Å². The van der Waals surface area contributed by atoms with Crippen LogP contribution in [-0.2, 0) is 0 Å². The summed E-state index contributed by atoms with van der Waals surface area (Å²) in [5.74, 6) is 0.383. The van der Waals surface area contributed by atoms with E-state index in [1.54, 1.807) is 12.1 Å². The van der Waals surface area contributed by atoms with Crippen molar-refractivity contribution in [3.8, 4) is 5.75 Å². The zero-order valence-corrected chi connectivity index (χ0v) is 6.20. The summed E-state index contributed by atoms with van der Waals surface area (Å²) in [7, 11) is 0. The number of aromatic hydroxyl groups is 1. The van der Waals surface area contributed by atoms with Gasteiger partial charge in [0.15, 0.2) is 5.84 Å². The molecule has 0 fully saturated rings. The Balaban J connectivity index is 2.76. The first kappa shape index (κ1) is 6.84. The highest BCUT2D eigenvalue weighted by Gasteiger charge is 2.20. The maximum atomic E-state index is 9.35. The molecule has 4 N–H and O–H groups in total. The largest absolute Gasteiger partial charge is 0.507 e. The van der Waals surface area contributed by atoms with Gasteiger partial charge in [-0.3, -0.25) is 5.41 Å². The lowest BCUT2D eigenvalue weighted by Crippen LogP contribution is -2.09. The minimum absolute atomic E-state index is 0.0283. The van der Waals surface area contributed by atoms with E-state index in [-0.39, 0.29) is 11.6 Å². The first-order valence-corrected chi connectivity index (χ1v) is 3.45. The van der Waals surface area contributed by atoms with E-state index in [9.17, 15) is 5.11 Å². The van der Waals surface area contributed by atoms with Crippen LogP contribution >= 0.6 is 0 Å². The Kier molecular flexibility index (Phi) is 1.18. The van der Waals surface area contributed by atoms with Crippen molar-refractivity contribution in [1.29, 1.82) is 5.41 Å². The van der Waals surface area contributed by atoms with Gasteiger partial charge in [0.1, 0.15) is 11.6 Å². The van der Waals surface area contributed by atoms with Crippen LogP contribution in [-0.4, -0.2) is 16.8 Å². The van der Waals surface area contributed by atoms with Crippen molar-refractivity contribution in [3.05, 3.63) is 29.3 Å². The first-order valence-electron chi connectivity index (χ1n) is 3.45. The second-order valence-electron chi connectivity index (χ2n) is 2.55. The average Bonchev–Trinajstić information content (AvgIpc) is 2.29. The third-order valence-corrected chi connectivity index (χ3v) is 1.79. The van der Waals surface area contributed by atoms with Crippen LogP contribution in [0.3, 0.4) is 0 Å². The maximum absolute atomic E-state index is 9.35. The highest BCUT2D eigenvalue weighted by atomic mass is 16.3. The van der Waals surface area contributed by atoms with Crippen LogP contribution in [0.15, 0.2) is 23.2 Å². The van der Waals surface area contributed by atoms with E-state index >= 15 is 0 Å². The standard InChI is InChI=1S/C8H7N3O/c9-7-4-2-1-3-5(12)6(4)8(10)11-7/h1-3,12H,(H3,9,10,11). The molecular formula is C8H7N3O. The van der Waals surface area contributed by atoms with Crippen molar-refractivity contribution in [2.24, 2.45) is 10.7 Å². The zero-order chi connectivity index (χ0) is 8.72. The van der Waals surface area contributed by atoms with Gasteiger partial charge in [0.05, 0.1) is 5.56 Å². The van der Waals surface area contributed by atoms with Crippen LogP contribution in [0.2, 0.25) is 0 Å². The molecule has 0 aromatic heterocycles. The maximum Gasteiger partial charge on any atom is 0.158 e. The zero-order valence-electron chi connectivity index (χ0n) is 6.20. The molecule has 60 valence electrons. The van der Waals surface area contributed by atoms with Crippen LogP contribution in [0, 0.1) is 5.41 Å². The Morgan fingerprint density at radius 1 is 1.42 bits per heavy atom. The normalized spacial score (nSPS) is 14.3. The number of aliphatic imine (C=N–C) groups is 1. The average molecular weight is 161 g/mol. The molecule has 0 saturated heterocycles. The lowest BCUT2D eigenvalue weighted by atomic mass is 10.1. The molecule has 0 bridgehead atoms. The molecule has 4 nitrogen and oxygen atoms in total. The van der Waals surface area contributed by atoms with E-state index < -0.39 is 0 Å². The fourth-order valence-electron chi connectivity index (χ4n) is 1.24. The van der Waals surface area contributed by atoms with Crippen LogP contribution < -0.4 is 5.73 Å². The molecular weight excluding hydrogens is 154 g/mol. The van der Waals surface area contributed by atoms with Crippen LogP contribution in [0.5, 0.6) is 5.75 Å². The Morgan fingerprint density at radius 3 is 2.83 bits per heavy atom. The molecule has 0 spiro atoms. The number of nitrogens with zero attached hydrogens (tertiary/aromatic N) is 1. The van der Waals surface area contributed by atoms with Crippen LogP contribution in [0.25, 0.3) is 0 Å². The molecule has 12 heavy (non-hydrogen) atoms. The number of nitrogens with two attached hydrogens (primary N) is 1. The summed E-state index contributed by atoms with van der Waals surface area (Å²) in [5, 5.41) is 16.7.